The Kier molecular flexibility index (Phi) is 4.48. The molecule has 1 fully saturated rings. The minimum absolute atomic E-state index is 0.600. The van der Waals surface area contributed by atoms with Crippen LogP contribution in [0.4, 0.5) is 5.82 Å². The van der Waals surface area contributed by atoms with E-state index in [1.165, 1.54) is 61.8 Å². The fourth-order valence-corrected chi connectivity index (χ4v) is 3.93. The minimum atomic E-state index is 0.600. The van der Waals surface area contributed by atoms with Gasteiger partial charge >= 0.3 is 0 Å². The van der Waals surface area contributed by atoms with Crippen LogP contribution in [0.15, 0.2) is 6.07 Å². The molecule has 0 unspecified atom stereocenters. The Hall–Kier alpha value is -1.09. The number of pyridine rings is 1. The second kappa shape index (κ2) is 6.35. The molecular weight excluding hydrogens is 258 g/mol. The number of aromatic nitrogens is 1. The lowest BCUT2D eigenvalue weighted by molar-refractivity contribution is 0.339. The standard InChI is InChI=1S/C18H29N3/c1-13-7-9-16(10-8-13)21(2)18-15(12-19)11-14-5-3-4-6-17(14)20-18/h11,13,16H,3-10,12,19H2,1-2H3. The quantitative estimate of drug-likeness (QED) is 0.926. The first kappa shape index (κ1) is 14.8. The number of rotatable bonds is 3. The lowest BCUT2D eigenvalue weighted by Gasteiger charge is -2.36. The number of fused-ring (bicyclic) bond motifs is 1. The third-order valence-electron chi connectivity index (χ3n) is 5.44. The largest absolute Gasteiger partial charge is 0.356 e. The molecule has 3 rings (SSSR count). The van der Waals surface area contributed by atoms with E-state index in [0.29, 0.717) is 12.6 Å². The van der Waals surface area contributed by atoms with Crippen LogP contribution in [0.1, 0.15) is 62.3 Å². The first-order chi connectivity index (χ1) is 10.2. The molecule has 0 aromatic carbocycles. The zero-order valence-electron chi connectivity index (χ0n) is 13.6. The van der Waals surface area contributed by atoms with E-state index >= 15 is 0 Å². The highest BCUT2D eigenvalue weighted by molar-refractivity contribution is 5.51. The summed E-state index contributed by atoms with van der Waals surface area (Å²) < 4.78 is 0. The van der Waals surface area contributed by atoms with Crippen LogP contribution in [0.2, 0.25) is 0 Å². The molecule has 0 spiro atoms. The summed E-state index contributed by atoms with van der Waals surface area (Å²) in [7, 11) is 2.22. The molecule has 0 amide bonds. The third-order valence-corrected chi connectivity index (χ3v) is 5.44. The summed E-state index contributed by atoms with van der Waals surface area (Å²) in [6.45, 7) is 2.97. The minimum Gasteiger partial charge on any atom is -0.356 e. The Morgan fingerprint density at radius 2 is 1.90 bits per heavy atom. The Balaban J connectivity index is 1.86. The van der Waals surface area contributed by atoms with E-state index in [-0.39, 0.29) is 0 Å². The Labute approximate surface area is 128 Å². The summed E-state index contributed by atoms with van der Waals surface area (Å²) in [5.41, 5.74) is 10.0. The number of hydrogen-bond donors (Lipinski definition) is 1. The van der Waals surface area contributed by atoms with Crippen molar-refractivity contribution < 1.29 is 0 Å². The number of nitrogens with two attached hydrogens (primary N) is 1. The van der Waals surface area contributed by atoms with Gasteiger partial charge in [0.2, 0.25) is 0 Å². The van der Waals surface area contributed by atoms with Gasteiger partial charge in [-0.25, -0.2) is 4.98 Å². The van der Waals surface area contributed by atoms with E-state index < -0.39 is 0 Å². The van der Waals surface area contributed by atoms with Gasteiger partial charge in [-0.2, -0.15) is 0 Å². The van der Waals surface area contributed by atoms with Gasteiger partial charge in [0.1, 0.15) is 5.82 Å². The van der Waals surface area contributed by atoms with Crippen molar-refractivity contribution in [2.24, 2.45) is 11.7 Å². The van der Waals surface area contributed by atoms with Gasteiger partial charge in [0, 0.05) is 30.9 Å². The van der Waals surface area contributed by atoms with E-state index in [1.54, 1.807) is 0 Å². The van der Waals surface area contributed by atoms with E-state index in [2.05, 4.69) is 24.9 Å². The predicted molar refractivity (Wildman–Crippen MR) is 88.6 cm³/mol. The first-order valence-corrected chi connectivity index (χ1v) is 8.63. The van der Waals surface area contributed by atoms with Crippen molar-refractivity contribution in [2.75, 3.05) is 11.9 Å². The first-order valence-electron chi connectivity index (χ1n) is 8.63. The van der Waals surface area contributed by atoms with Crippen molar-refractivity contribution in [2.45, 2.75) is 70.9 Å². The molecule has 1 saturated carbocycles. The van der Waals surface area contributed by atoms with Gasteiger partial charge in [0.25, 0.3) is 0 Å². The van der Waals surface area contributed by atoms with E-state index in [0.717, 1.165) is 18.2 Å². The Morgan fingerprint density at radius 1 is 1.19 bits per heavy atom. The van der Waals surface area contributed by atoms with Crippen LogP contribution < -0.4 is 10.6 Å². The lowest BCUT2D eigenvalue weighted by Crippen LogP contribution is -2.36. The van der Waals surface area contributed by atoms with Gasteiger partial charge in [-0.05, 0) is 68.9 Å². The fourth-order valence-electron chi connectivity index (χ4n) is 3.93. The third kappa shape index (κ3) is 3.08. The van der Waals surface area contributed by atoms with Crippen LogP contribution in [0.25, 0.3) is 0 Å². The van der Waals surface area contributed by atoms with E-state index in [9.17, 15) is 0 Å². The number of anilines is 1. The van der Waals surface area contributed by atoms with Gasteiger partial charge in [0.15, 0.2) is 0 Å². The Morgan fingerprint density at radius 3 is 2.62 bits per heavy atom. The van der Waals surface area contributed by atoms with Gasteiger partial charge in [-0.1, -0.05) is 6.92 Å². The molecule has 0 aliphatic heterocycles. The summed E-state index contributed by atoms with van der Waals surface area (Å²) in [4.78, 5) is 7.44. The summed E-state index contributed by atoms with van der Waals surface area (Å²) in [5.74, 6) is 2.04. The molecular formula is C18H29N3. The SMILES string of the molecule is CC1CCC(N(C)c2nc3c(cc2CN)CCCC3)CC1. The normalized spacial score (nSPS) is 25.5. The molecule has 1 aromatic rings. The maximum atomic E-state index is 6.01. The van der Waals surface area contributed by atoms with Crippen molar-refractivity contribution in [3.63, 3.8) is 0 Å². The molecule has 2 aliphatic carbocycles. The average molecular weight is 287 g/mol. The summed E-state index contributed by atoms with van der Waals surface area (Å²) in [6.07, 6.45) is 10.2. The molecule has 3 nitrogen and oxygen atoms in total. The highest BCUT2D eigenvalue weighted by Crippen LogP contribution is 2.32. The summed E-state index contributed by atoms with van der Waals surface area (Å²) in [5, 5.41) is 0. The molecule has 116 valence electrons. The van der Waals surface area contributed by atoms with Crippen LogP contribution in [0.3, 0.4) is 0 Å². The van der Waals surface area contributed by atoms with Crippen LogP contribution in [-0.4, -0.2) is 18.1 Å². The second-order valence-electron chi connectivity index (χ2n) is 7.01. The Bertz CT molecular complexity index is 489. The molecule has 2 N–H and O–H groups in total. The average Bonchev–Trinajstić information content (AvgIpc) is 2.53. The van der Waals surface area contributed by atoms with Crippen LogP contribution in [0.5, 0.6) is 0 Å². The van der Waals surface area contributed by atoms with Gasteiger partial charge in [0.05, 0.1) is 0 Å². The fraction of sp³-hybridized carbons (Fsp3) is 0.722. The molecule has 0 bridgehead atoms. The van der Waals surface area contributed by atoms with Crippen molar-refractivity contribution in [1.29, 1.82) is 0 Å². The zero-order chi connectivity index (χ0) is 14.8. The zero-order valence-corrected chi connectivity index (χ0v) is 13.6. The number of nitrogens with zero attached hydrogens (tertiary/aromatic N) is 2. The predicted octanol–water partition coefficient (Wildman–Crippen LogP) is 3.43. The second-order valence-corrected chi connectivity index (χ2v) is 7.01. The molecule has 2 aliphatic rings. The number of aryl methyl sites for hydroxylation is 2. The van der Waals surface area contributed by atoms with Gasteiger partial charge in [-0.3, -0.25) is 0 Å². The molecule has 1 heterocycles. The van der Waals surface area contributed by atoms with Crippen molar-refractivity contribution in [3.05, 3.63) is 22.9 Å². The van der Waals surface area contributed by atoms with Crippen molar-refractivity contribution in [3.8, 4) is 0 Å². The molecule has 0 radical (unpaired) electrons. The van der Waals surface area contributed by atoms with Gasteiger partial charge in [-0.15, -0.1) is 0 Å². The molecule has 21 heavy (non-hydrogen) atoms. The van der Waals surface area contributed by atoms with Crippen molar-refractivity contribution >= 4 is 5.82 Å². The summed E-state index contributed by atoms with van der Waals surface area (Å²) in [6, 6.07) is 2.97. The van der Waals surface area contributed by atoms with Crippen LogP contribution in [0, 0.1) is 5.92 Å². The number of hydrogen-bond acceptors (Lipinski definition) is 3. The maximum Gasteiger partial charge on any atom is 0.133 e. The van der Waals surface area contributed by atoms with E-state index in [1.807, 2.05) is 0 Å². The smallest absolute Gasteiger partial charge is 0.133 e. The molecule has 0 saturated heterocycles. The van der Waals surface area contributed by atoms with Crippen LogP contribution >= 0.6 is 0 Å². The lowest BCUT2D eigenvalue weighted by atomic mass is 9.86. The molecule has 3 heteroatoms. The highest BCUT2D eigenvalue weighted by atomic mass is 15.2. The van der Waals surface area contributed by atoms with Crippen molar-refractivity contribution in [1.82, 2.24) is 4.98 Å². The summed E-state index contributed by atoms with van der Waals surface area (Å²) >= 11 is 0. The molecule has 0 atom stereocenters. The maximum absolute atomic E-state index is 6.01. The highest BCUT2D eigenvalue weighted by Gasteiger charge is 2.25. The van der Waals surface area contributed by atoms with Gasteiger partial charge < -0.3 is 10.6 Å². The van der Waals surface area contributed by atoms with Crippen LogP contribution in [-0.2, 0) is 19.4 Å². The van der Waals surface area contributed by atoms with E-state index in [4.69, 9.17) is 10.7 Å². The molecule has 1 aromatic heterocycles. The monoisotopic (exact) mass is 287 g/mol. The topological polar surface area (TPSA) is 42.2 Å².